The van der Waals surface area contributed by atoms with Gasteiger partial charge in [-0.15, -0.1) is 24.0 Å². The molecule has 156 valence electrons. The van der Waals surface area contributed by atoms with Crippen molar-refractivity contribution in [3.05, 3.63) is 42.3 Å². The van der Waals surface area contributed by atoms with E-state index in [1.807, 2.05) is 30.3 Å². The summed E-state index contributed by atoms with van der Waals surface area (Å²) >= 11 is 0. The second kappa shape index (κ2) is 13.5. The lowest BCUT2D eigenvalue weighted by molar-refractivity contribution is 0.292. The molecule has 0 saturated heterocycles. The molecule has 0 radical (unpaired) electrons. The van der Waals surface area contributed by atoms with E-state index in [9.17, 15) is 0 Å². The molecule has 1 unspecified atom stereocenters. The lowest BCUT2D eigenvalue weighted by atomic mass is 10.2. The Balaban J connectivity index is 0.00000392. The zero-order chi connectivity index (χ0) is 19.5. The van der Waals surface area contributed by atoms with Gasteiger partial charge in [0.25, 0.3) is 0 Å². The molecule has 0 aliphatic heterocycles. The van der Waals surface area contributed by atoms with Gasteiger partial charge in [0.15, 0.2) is 5.96 Å². The van der Waals surface area contributed by atoms with Gasteiger partial charge in [0.1, 0.15) is 6.26 Å². The quantitative estimate of drug-likeness (QED) is 0.292. The van der Waals surface area contributed by atoms with Crippen LogP contribution in [0.5, 0.6) is 0 Å². The van der Waals surface area contributed by atoms with Crippen LogP contribution in [0.4, 0.5) is 0 Å². The third-order valence-electron chi connectivity index (χ3n) is 4.62. The Bertz CT molecular complexity index is 685. The highest BCUT2D eigenvalue weighted by atomic mass is 127. The number of halogens is 1. The molecular formula is C21H34IN5O. The van der Waals surface area contributed by atoms with Gasteiger partial charge < -0.3 is 20.0 Å². The van der Waals surface area contributed by atoms with Crippen molar-refractivity contribution in [1.29, 1.82) is 0 Å². The predicted molar refractivity (Wildman–Crippen MR) is 127 cm³/mol. The Hall–Kier alpha value is -1.61. The number of hydrogen-bond donors (Lipinski definition) is 2. The highest BCUT2D eigenvalue weighted by Crippen LogP contribution is 2.17. The Morgan fingerprint density at radius 2 is 1.93 bits per heavy atom. The molecule has 0 saturated carbocycles. The summed E-state index contributed by atoms with van der Waals surface area (Å²) in [6, 6.07) is 10.3. The normalized spacial score (nSPS) is 12.5. The third kappa shape index (κ3) is 8.18. The molecule has 1 heterocycles. The van der Waals surface area contributed by atoms with Gasteiger partial charge in [-0.1, -0.05) is 32.0 Å². The van der Waals surface area contributed by atoms with Gasteiger partial charge in [-0.2, -0.15) is 0 Å². The topological polar surface area (TPSA) is 65.7 Å². The van der Waals surface area contributed by atoms with Crippen LogP contribution < -0.4 is 10.6 Å². The van der Waals surface area contributed by atoms with E-state index in [1.54, 1.807) is 13.3 Å². The molecular weight excluding hydrogens is 465 g/mol. The molecule has 7 heteroatoms. The van der Waals surface area contributed by atoms with E-state index < -0.39 is 0 Å². The Kier molecular flexibility index (Phi) is 11.8. The molecule has 0 amide bonds. The molecule has 0 bridgehead atoms. The largest absolute Gasteiger partial charge is 0.444 e. The minimum absolute atomic E-state index is 0. The maximum Gasteiger partial charge on any atom is 0.226 e. The Morgan fingerprint density at radius 3 is 2.57 bits per heavy atom. The average Bonchev–Trinajstić information content (AvgIpc) is 3.18. The summed E-state index contributed by atoms with van der Waals surface area (Å²) in [6.07, 6.45) is 3.98. The van der Waals surface area contributed by atoms with E-state index in [0.29, 0.717) is 18.5 Å². The van der Waals surface area contributed by atoms with Crippen LogP contribution in [0, 0.1) is 0 Å². The van der Waals surface area contributed by atoms with Crippen LogP contribution in [-0.2, 0) is 6.54 Å². The molecule has 0 aliphatic carbocycles. The van der Waals surface area contributed by atoms with Crippen molar-refractivity contribution >= 4 is 29.9 Å². The Labute approximate surface area is 186 Å². The van der Waals surface area contributed by atoms with Gasteiger partial charge in [0.05, 0.1) is 12.2 Å². The molecule has 0 aliphatic rings. The highest BCUT2D eigenvalue weighted by molar-refractivity contribution is 14.0. The first-order chi connectivity index (χ1) is 13.2. The minimum atomic E-state index is 0. The maximum absolute atomic E-state index is 5.58. The second-order valence-electron chi connectivity index (χ2n) is 6.65. The van der Waals surface area contributed by atoms with E-state index in [0.717, 1.165) is 43.3 Å². The van der Waals surface area contributed by atoms with Crippen molar-refractivity contribution in [2.24, 2.45) is 4.99 Å². The van der Waals surface area contributed by atoms with Crippen LogP contribution in [0.2, 0.25) is 0 Å². The fourth-order valence-electron chi connectivity index (χ4n) is 2.94. The summed E-state index contributed by atoms with van der Waals surface area (Å²) in [5.74, 6) is 1.43. The molecule has 0 fully saturated rings. The predicted octanol–water partition coefficient (Wildman–Crippen LogP) is 4.14. The van der Waals surface area contributed by atoms with Crippen molar-refractivity contribution in [2.45, 2.75) is 46.2 Å². The molecule has 0 spiro atoms. The molecule has 1 aromatic heterocycles. The fraction of sp³-hybridized carbons (Fsp3) is 0.524. The maximum atomic E-state index is 5.58. The molecule has 2 rings (SSSR count). The number of nitrogens with one attached hydrogen (secondary N) is 2. The smallest absolute Gasteiger partial charge is 0.226 e. The molecule has 28 heavy (non-hydrogen) atoms. The number of rotatable bonds is 10. The number of benzene rings is 1. The van der Waals surface area contributed by atoms with Gasteiger partial charge >= 0.3 is 0 Å². The van der Waals surface area contributed by atoms with Gasteiger partial charge in [0.2, 0.25) is 5.89 Å². The van der Waals surface area contributed by atoms with E-state index in [4.69, 9.17) is 4.42 Å². The number of guanidine groups is 1. The van der Waals surface area contributed by atoms with Crippen molar-refractivity contribution in [3.8, 4) is 11.5 Å². The van der Waals surface area contributed by atoms with Crippen LogP contribution in [0.25, 0.3) is 11.5 Å². The second-order valence-corrected chi connectivity index (χ2v) is 6.65. The van der Waals surface area contributed by atoms with Crippen molar-refractivity contribution in [3.63, 3.8) is 0 Å². The number of hydrogen-bond acceptors (Lipinski definition) is 4. The van der Waals surface area contributed by atoms with Crippen LogP contribution in [0.1, 0.15) is 39.3 Å². The highest BCUT2D eigenvalue weighted by Gasteiger charge is 2.09. The monoisotopic (exact) mass is 499 g/mol. The minimum Gasteiger partial charge on any atom is -0.444 e. The van der Waals surface area contributed by atoms with Crippen molar-refractivity contribution in [1.82, 2.24) is 20.5 Å². The van der Waals surface area contributed by atoms with Crippen molar-refractivity contribution < 1.29 is 4.42 Å². The van der Waals surface area contributed by atoms with E-state index in [-0.39, 0.29) is 24.0 Å². The first kappa shape index (κ1) is 24.4. The molecule has 1 atom stereocenters. The number of oxazole rings is 1. The number of nitrogens with zero attached hydrogens (tertiary/aromatic N) is 3. The number of aromatic nitrogens is 1. The lowest BCUT2D eigenvalue weighted by Gasteiger charge is -2.21. The zero-order valence-electron chi connectivity index (χ0n) is 17.4. The SMILES string of the molecule is CCN(CC)CCCC(C)NC(=NC)NCc1coc(-c2ccccc2)n1.I. The lowest BCUT2D eigenvalue weighted by Crippen LogP contribution is -2.42. The first-order valence-corrected chi connectivity index (χ1v) is 9.85. The van der Waals surface area contributed by atoms with Crippen LogP contribution >= 0.6 is 24.0 Å². The van der Waals surface area contributed by atoms with Crippen LogP contribution in [0.3, 0.4) is 0 Å². The summed E-state index contributed by atoms with van der Waals surface area (Å²) < 4.78 is 5.58. The molecule has 1 aromatic carbocycles. The summed E-state index contributed by atoms with van der Waals surface area (Å²) in [5, 5.41) is 6.76. The fourth-order valence-corrected chi connectivity index (χ4v) is 2.94. The average molecular weight is 499 g/mol. The van der Waals surface area contributed by atoms with E-state index in [2.05, 4.69) is 46.3 Å². The van der Waals surface area contributed by atoms with Gasteiger partial charge in [-0.25, -0.2) is 4.98 Å². The molecule has 2 aromatic rings. The van der Waals surface area contributed by atoms with Crippen LogP contribution in [0.15, 0.2) is 46.0 Å². The molecule has 2 N–H and O–H groups in total. The van der Waals surface area contributed by atoms with Gasteiger partial charge in [-0.05, 0) is 51.5 Å². The standard InChI is InChI=1S/C21H33N5O.HI/c1-5-26(6-2)14-10-11-17(3)24-21(22-4)23-15-19-16-27-20(25-19)18-12-8-7-9-13-18;/h7-9,12-13,16-17H,5-6,10-11,14-15H2,1-4H3,(H2,22,23,24);1H. The summed E-state index contributed by atoms with van der Waals surface area (Å²) in [4.78, 5) is 11.3. The van der Waals surface area contributed by atoms with Crippen molar-refractivity contribution in [2.75, 3.05) is 26.7 Å². The zero-order valence-corrected chi connectivity index (χ0v) is 19.8. The Morgan fingerprint density at radius 1 is 1.21 bits per heavy atom. The van der Waals surface area contributed by atoms with E-state index in [1.165, 1.54) is 6.42 Å². The number of aliphatic imine (C=N–C) groups is 1. The van der Waals surface area contributed by atoms with E-state index >= 15 is 0 Å². The third-order valence-corrected chi connectivity index (χ3v) is 4.62. The summed E-state index contributed by atoms with van der Waals surface area (Å²) in [5.41, 5.74) is 1.83. The first-order valence-electron chi connectivity index (χ1n) is 9.85. The van der Waals surface area contributed by atoms with Crippen LogP contribution in [-0.4, -0.2) is 48.6 Å². The van der Waals surface area contributed by atoms with Gasteiger partial charge in [0, 0.05) is 18.7 Å². The molecule has 6 nitrogen and oxygen atoms in total. The summed E-state index contributed by atoms with van der Waals surface area (Å²) in [7, 11) is 1.79. The van der Waals surface area contributed by atoms with Gasteiger partial charge in [-0.3, -0.25) is 4.99 Å². The summed E-state index contributed by atoms with van der Waals surface area (Å²) in [6.45, 7) is 10.6.